The van der Waals surface area contributed by atoms with Gasteiger partial charge in [-0.05, 0) is 28.5 Å². The van der Waals surface area contributed by atoms with Gasteiger partial charge in [0, 0.05) is 6.54 Å². The van der Waals surface area contributed by atoms with Gasteiger partial charge in [-0.1, -0.05) is 24.3 Å². The molecule has 126 valence electrons. The molecular formula is C18H19NO5. The molecule has 24 heavy (non-hydrogen) atoms. The number of ether oxygens (including phenoxy) is 2. The third-order valence-corrected chi connectivity index (χ3v) is 4.22. The average molecular weight is 329 g/mol. The molecule has 6 nitrogen and oxygen atoms in total. The molecular weight excluding hydrogens is 310 g/mol. The van der Waals surface area contributed by atoms with E-state index in [4.69, 9.17) is 14.6 Å². The standard InChI is InChI=1S/C18H19NO5/c1-23-14-6-5-12-3-2-4-13(15(12)10-14)9-17(20)19-7-8-24-16(11-19)18(21)22/h2-6,10,16H,7-9,11H2,1H3,(H,21,22). The molecule has 1 aliphatic rings. The second-order valence-electron chi connectivity index (χ2n) is 5.72. The number of methoxy groups -OCH3 is 1. The molecule has 0 bridgehead atoms. The second-order valence-corrected chi connectivity index (χ2v) is 5.72. The van der Waals surface area contributed by atoms with Crippen molar-refractivity contribution in [2.45, 2.75) is 12.5 Å². The Morgan fingerprint density at radius 2 is 2.17 bits per heavy atom. The number of aliphatic carboxylic acids is 1. The van der Waals surface area contributed by atoms with Gasteiger partial charge < -0.3 is 19.5 Å². The molecule has 1 saturated heterocycles. The van der Waals surface area contributed by atoms with Crippen LogP contribution in [0.15, 0.2) is 36.4 Å². The largest absolute Gasteiger partial charge is 0.497 e. The SMILES string of the molecule is COc1ccc2cccc(CC(=O)N3CCOC(C(=O)O)C3)c2c1. The van der Waals surface area contributed by atoms with Gasteiger partial charge in [0.25, 0.3) is 0 Å². The molecule has 1 unspecified atom stereocenters. The molecule has 6 heteroatoms. The highest BCUT2D eigenvalue weighted by Gasteiger charge is 2.29. The van der Waals surface area contributed by atoms with Crippen LogP contribution in [0.3, 0.4) is 0 Å². The van der Waals surface area contributed by atoms with Gasteiger partial charge in [-0.3, -0.25) is 4.79 Å². The number of hydrogen-bond donors (Lipinski definition) is 1. The van der Waals surface area contributed by atoms with Crippen molar-refractivity contribution >= 4 is 22.6 Å². The zero-order valence-electron chi connectivity index (χ0n) is 13.4. The summed E-state index contributed by atoms with van der Waals surface area (Å²) in [6.45, 7) is 0.741. The van der Waals surface area contributed by atoms with Crippen LogP contribution >= 0.6 is 0 Å². The van der Waals surface area contributed by atoms with E-state index in [9.17, 15) is 9.59 Å². The quantitative estimate of drug-likeness (QED) is 0.924. The molecule has 1 heterocycles. The Bertz CT molecular complexity index is 773. The van der Waals surface area contributed by atoms with Crippen molar-refractivity contribution in [2.75, 3.05) is 26.8 Å². The van der Waals surface area contributed by atoms with Gasteiger partial charge in [-0.25, -0.2) is 4.79 Å². The predicted molar refractivity (Wildman–Crippen MR) is 88.2 cm³/mol. The van der Waals surface area contributed by atoms with Crippen LogP contribution in [0, 0.1) is 0 Å². The number of morpholine rings is 1. The fourth-order valence-electron chi connectivity index (χ4n) is 2.90. The first-order valence-electron chi connectivity index (χ1n) is 7.76. The first-order chi connectivity index (χ1) is 11.6. The number of carbonyl (C=O) groups excluding carboxylic acids is 1. The molecule has 1 amide bonds. The van der Waals surface area contributed by atoms with Gasteiger partial charge >= 0.3 is 5.97 Å². The van der Waals surface area contributed by atoms with Crippen molar-refractivity contribution < 1.29 is 24.2 Å². The number of fused-ring (bicyclic) bond motifs is 1. The third kappa shape index (κ3) is 3.33. The molecule has 1 aliphatic heterocycles. The molecule has 0 saturated carbocycles. The fourth-order valence-corrected chi connectivity index (χ4v) is 2.90. The van der Waals surface area contributed by atoms with E-state index in [0.717, 1.165) is 22.1 Å². The fraction of sp³-hybridized carbons (Fsp3) is 0.333. The van der Waals surface area contributed by atoms with Crippen LogP contribution in [-0.4, -0.2) is 54.8 Å². The second kappa shape index (κ2) is 6.88. The summed E-state index contributed by atoms with van der Waals surface area (Å²) in [5.41, 5.74) is 0.898. The lowest BCUT2D eigenvalue weighted by Gasteiger charge is -2.31. The van der Waals surface area contributed by atoms with Crippen LogP contribution in [0.2, 0.25) is 0 Å². The van der Waals surface area contributed by atoms with E-state index in [2.05, 4.69) is 0 Å². The van der Waals surface area contributed by atoms with Crippen LogP contribution < -0.4 is 4.74 Å². The number of nitrogens with zero attached hydrogens (tertiary/aromatic N) is 1. The normalized spacial score (nSPS) is 17.7. The molecule has 1 atom stereocenters. The van der Waals surface area contributed by atoms with Crippen molar-refractivity contribution in [1.82, 2.24) is 4.90 Å². The van der Waals surface area contributed by atoms with Gasteiger partial charge in [0.2, 0.25) is 5.91 Å². The molecule has 1 N–H and O–H groups in total. The van der Waals surface area contributed by atoms with Crippen LogP contribution in [0.4, 0.5) is 0 Å². The maximum absolute atomic E-state index is 12.6. The minimum Gasteiger partial charge on any atom is -0.497 e. The molecule has 2 aromatic rings. The number of amides is 1. The molecule has 0 spiro atoms. The van der Waals surface area contributed by atoms with Gasteiger partial charge in [0.15, 0.2) is 6.10 Å². The summed E-state index contributed by atoms with van der Waals surface area (Å²) in [5.74, 6) is -0.401. The van der Waals surface area contributed by atoms with Crippen LogP contribution in [-0.2, 0) is 20.7 Å². The Morgan fingerprint density at radius 3 is 2.92 bits per heavy atom. The summed E-state index contributed by atoms with van der Waals surface area (Å²) in [5, 5.41) is 11.0. The maximum Gasteiger partial charge on any atom is 0.334 e. The highest BCUT2D eigenvalue weighted by atomic mass is 16.5. The van der Waals surface area contributed by atoms with Gasteiger partial charge in [0.1, 0.15) is 5.75 Å². The number of hydrogen-bond acceptors (Lipinski definition) is 4. The number of benzene rings is 2. The lowest BCUT2D eigenvalue weighted by atomic mass is 10.0. The topological polar surface area (TPSA) is 76.1 Å². The maximum atomic E-state index is 12.6. The number of rotatable bonds is 4. The Balaban J connectivity index is 1.81. The highest BCUT2D eigenvalue weighted by Crippen LogP contribution is 2.25. The summed E-state index contributed by atoms with van der Waals surface area (Å²) < 4.78 is 10.4. The molecule has 3 rings (SSSR count). The van der Waals surface area contributed by atoms with Crippen molar-refractivity contribution in [3.8, 4) is 5.75 Å². The zero-order valence-corrected chi connectivity index (χ0v) is 13.4. The minimum absolute atomic E-state index is 0.0856. The van der Waals surface area contributed by atoms with Crippen molar-refractivity contribution in [3.63, 3.8) is 0 Å². The Kier molecular flexibility index (Phi) is 4.66. The monoisotopic (exact) mass is 329 g/mol. The van der Waals surface area contributed by atoms with E-state index in [-0.39, 0.29) is 25.5 Å². The lowest BCUT2D eigenvalue weighted by Crippen LogP contribution is -2.49. The van der Waals surface area contributed by atoms with Gasteiger partial charge in [-0.2, -0.15) is 0 Å². The smallest absolute Gasteiger partial charge is 0.334 e. The summed E-state index contributed by atoms with van der Waals surface area (Å²) in [7, 11) is 1.61. The summed E-state index contributed by atoms with van der Waals surface area (Å²) in [6, 6.07) is 11.6. The predicted octanol–water partition coefficient (Wildman–Crippen LogP) is 1.70. The molecule has 1 fully saturated rings. The van der Waals surface area contributed by atoms with Crippen molar-refractivity contribution in [1.29, 1.82) is 0 Å². The third-order valence-electron chi connectivity index (χ3n) is 4.22. The zero-order chi connectivity index (χ0) is 17.1. The minimum atomic E-state index is -1.04. The average Bonchev–Trinajstić information content (AvgIpc) is 2.61. The molecule has 0 radical (unpaired) electrons. The Labute approximate surface area is 139 Å². The van der Waals surface area contributed by atoms with E-state index in [0.29, 0.717) is 6.54 Å². The molecule has 0 aromatic heterocycles. The van der Waals surface area contributed by atoms with Crippen LogP contribution in [0.25, 0.3) is 10.8 Å². The summed E-state index contributed by atoms with van der Waals surface area (Å²) in [4.78, 5) is 25.2. The van der Waals surface area contributed by atoms with Crippen LogP contribution in [0.1, 0.15) is 5.56 Å². The van der Waals surface area contributed by atoms with Crippen molar-refractivity contribution in [3.05, 3.63) is 42.0 Å². The summed E-state index contributed by atoms with van der Waals surface area (Å²) in [6.07, 6.45) is -0.730. The van der Waals surface area contributed by atoms with E-state index in [1.807, 2.05) is 36.4 Å². The van der Waals surface area contributed by atoms with E-state index in [1.54, 1.807) is 12.0 Å². The van der Waals surface area contributed by atoms with E-state index < -0.39 is 12.1 Å². The van der Waals surface area contributed by atoms with E-state index >= 15 is 0 Å². The van der Waals surface area contributed by atoms with Gasteiger partial charge in [0.05, 0.1) is 26.7 Å². The van der Waals surface area contributed by atoms with E-state index in [1.165, 1.54) is 0 Å². The highest BCUT2D eigenvalue weighted by molar-refractivity contribution is 5.91. The first kappa shape index (κ1) is 16.3. The first-order valence-corrected chi connectivity index (χ1v) is 7.76. The molecule has 0 aliphatic carbocycles. The van der Waals surface area contributed by atoms with Crippen molar-refractivity contribution in [2.24, 2.45) is 0 Å². The Morgan fingerprint density at radius 1 is 1.33 bits per heavy atom. The van der Waals surface area contributed by atoms with Crippen LogP contribution in [0.5, 0.6) is 5.75 Å². The number of carboxylic acids is 1. The summed E-state index contributed by atoms with van der Waals surface area (Å²) >= 11 is 0. The lowest BCUT2D eigenvalue weighted by molar-refractivity contribution is -0.159. The number of carbonyl (C=O) groups is 2. The van der Waals surface area contributed by atoms with Gasteiger partial charge in [-0.15, -0.1) is 0 Å². The molecule has 2 aromatic carbocycles. The number of carboxylic acid groups (broad SMARTS) is 1. The Hall–Kier alpha value is -2.60.